The molecule has 13 heteroatoms. The number of rotatable bonds is 9. The maximum Gasteiger partial charge on any atom is 0.418 e. The van der Waals surface area contributed by atoms with Gasteiger partial charge < -0.3 is 5.32 Å². The Bertz CT molecular complexity index is 1890. The van der Waals surface area contributed by atoms with E-state index in [1.54, 1.807) is 19.1 Å². The van der Waals surface area contributed by atoms with E-state index in [0.29, 0.717) is 22.7 Å². The first-order valence-corrected chi connectivity index (χ1v) is 14.7. The Morgan fingerprint density at radius 3 is 2.47 bits per heavy atom. The fourth-order valence-electron chi connectivity index (χ4n) is 4.53. The van der Waals surface area contributed by atoms with Gasteiger partial charge in [0.1, 0.15) is 4.83 Å². The molecule has 0 saturated carbocycles. The van der Waals surface area contributed by atoms with E-state index in [4.69, 9.17) is 4.98 Å². The number of anilines is 1. The fourth-order valence-corrected chi connectivity index (χ4v) is 6.62. The lowest BCUT2D eigenvalue weighted by Gasteiger charge is -2.13. The lowest BCUT2D eigenvalue weighted by molar-refractivity contribution is -0.384. The van der Waals surface area contributed by atoms with E-state index >= 15 is 0 Å². The third-order valence-corrected chi connectivity index (χ3v) is 8.89. The summed E-state index contributed by atoms with van der Waals surface area (Å²) >= 11 is 2.15. The number of thiophene rings is 1. The largest absolute Gasteiger partial charge is 0.418 e. The van der Waals surface area contributed by atoms with E-state index in [1.807, 2.05) is 30.3 Å². The Hall–Kier alpha value is -4.49. The molecule has 8 nitrogen and oxygen atoms in total. The molecule has 0 saturated heterocycles. The first-order valence-electron chi connectivity index (χ1n) is 12.9. The minimum Gasteiger partial charge on any atom is -0.321 e. The number of nitro benzene ring substituents is 1. The summed E-state index contributed by atoms with van der Waals surface area (Å²) in [7, 11) is 0. The van der Waals surface area contributed by atoms with Crippen LogP contribution in [0.2, 0.25) is 0 Å². The molecule has 1 N–H and O–H groups in total. The summed E-state index contributed by atoms with van der Waals surface area (Å²) in [6, 6.07) is 20.4. The van der Waals surface area contributed by atoms with Crippen LogP contribution in [0.3, 0.4) is 0 Å². The SMILES string of the molecule is Cc1c(C(=O)Nc2ccccc2C(F)(F)F)sc2nc(SCc3cccc([N+](=O)[O-])c3)n(CCc3ccccc3)c(=O)c12. The Kier molecular flexibility index (Phi) is 8.64. The molecule has 0 atom stereocenters. The summed E-state index contributed by atoms with van der Waals surface area (Å²) in [5, 5.41) is 14.1. The number of carbonyl (C=O) groups is 1. The summed E-state index contributed by atoms with van der Waals surface area (Å²) in [5.41, 5.74) is 0.166. The van der Waals surface area contributed by atoms with Crippen LogP contribution in [-0.2, 0) is 24.9 Å². The number of para-hydroxylation sites is 1. The van der Waals surface area contributed by atoms with Crippen LogP contribution in [0.1, 0.15) is 31.9 Å². The van der Waals surface area contributed by atoms with Gasteiger partial charge in [0.15, 0.2) is 5.16 Å². The number of hydrogen-bond acceptors (Lipinski definition) is 7. The molecular formula is C30H23F3N4O4S2. The number of thioether (sulfide) groups is 1. The van der Waals surface area contributed by atoms with Crippen LogP contribution in [0.25, 0.3) is 10.2 Å². The standard InChI is InChI=1S/C30H23F3N4O4S2/c1-18-24-27(43-25(18)26(38)34-23-13-6-5-12-22(23)30(31,32)33)35-29(42-17-20-10-7-11-21(16-20)37(40)41)36(28(24)39)15-14-19-8-3-2-4-9-19/h2-13,16H,14-15,17H2,1H3,(H,34,38). The summed E-state index contributed by atoms with van der Waals surface area (Å²) in [4.78, 5) is 42.9. The Morgan fingerprint density at radius 2 is 1.74 bits per heavy atom. The molecule has 0 aliphatic carbocycles. The van der Waals surface area contributed by atoms with Gasteiger partial charge in [0, 0.05) is 24.4 Å². The predicted octanol–water partition coefficient (Wildman–Crippen LogP) is 7.48. The molecule has 0 aliphatic rings. The van der Waals surface area contributed by atoms with Crippen molar-refractivity contribution < 1.29 is 22.9 Å². The molecule has 0 fully saturated rings. The number of nitrogens with one attached hydrogen (secondary N) is 1. The van der Waals surface area contributed by atoms with Crippen molar-refractivity contribution in [3.8, 4) is 0 Å². The van der Waals surface area contributed by atoms with E-state index in [1.165, 1.54) is 46.7 Å². The highest BCUT2D eigenvalue weighted by molar-refractivity contribution is 7.98. The summed E-state index contributed by atoms with van der Waals surface area (Å²) in [5.74, 6) is -0.491. The molecule has 5 rings (SSSR count). The number of carbonyl (C=O) groups excluding carboxylic acids is 1. The number of non-ortho nitro benzene ring substituents is 1. The monoisotopic (exact) mass is 624 g/mol. The fraction of sp³-hybridized carbons (Fsp3) is 0.167. The van der Waals surface area contributed by atoms with Crippen molar-refractivity contribution in [3.05, 3.63) is 126 Å². The number of fused-ring (bicyclic) bond motifs is 1. The van der Waals surface area contributed by atoms with Gasteiger partial charge in [-0.25, -0.2) is 4.98 Å². The molecule has 0 radical (unpaired) electrons. The maximum absolute atomic E-state index is 13.9. The second-order valence-electron chi connectivity index (χ2n) is 9.54. The van der Waals surface area contributed by atoms with Gasteiger partial charge in [-0.15, -0.1) is 11.3 Å². The van der Waals surface area contributed by atoms with E-state index in [9.17, 15) is 32.9 Å². The number of alkyl halides is 3. The molecule has 3 aromatic carbocycles. The van der Waals surface area contributed by atoms with E-state index in [0.717, 1.165) is 23.0 Å². The molecule has 1 amide bonds. The van der Waals surface area contributed by atoms with Gasteiger partial charge in [-0.05, 0) is 42.2 Å². The van der Waals surface area contributed by atoms with Gasteiger partial charge in [-0.3, -0.25) is 24.3 Å². The number of aromatic nitrogens is 2. The highest BCUT2D eigenvalue weighted by atomic mass is 32.2. The molecule has 2 heterocycles. The highest BCUT2D eigenvalue weighted by Gasteiger charge is 2.34. The van der Waals surface area contributed by atoms with Crippen LogP contribution >= 0.6 is 23.1 Å². The minimum atomic E-state index is -4.67. The lowest BCUT2D eigenvalue weighted by Crippen LogP contribution is -2.24. The van der Waals surface area contributed by atoms with Gasteiger partial charge >= 0.3 is 6.18 Å². The van der Waals surface area contributed by atoms with E-state index < -0.39 is 28.3 Å². The van der Waals surface area contributed by atoms with Gasteiger partial charge in [-0.2, -0.15) is 13.2 Å². The quantitative estimate of drug-likeness (QED) is 0.0789. The molecule has 0 unspecified atom stereocenters. The zero-order chi connectivity index (χ0) is 30.7. The van der Waals surface area contributed by atoms with Gasteiger partial charge in [0.25, 0.3) is 17.2 Å². The lowest BCUT2D eigenvalue weighted by atomic mass is 10.1. The molecule has 2 aromatic heterocycles. The minimum absolute atomic E-state index is 0.0559. The number of halogens is 3. The third kappa shape index (κ3) is 6.62. The third-order valence-electron chi connectivity index (χ3n) is 6.66. The number of nitrogens with zero attached hydrogens (tertiary/aromatic N) is 3. The maximum atomic E-state index is 13.9. The summed E-state index contributed by atoms with van der Waals surface area (Å²) in [6.45, 7) is 1.85. The normalized spacial score (nSPS) is 11.5. The van der Waals surface area contributed by atoms with Crippen molar-refractivity contribution in [2.24, 2.45) is 0 Å². The van der Waals surface area contributed by atoms with Crippen molar-refractivity contribution >= 4 is 50.6 Å². The zero-order valence-corrected chi connectivity index (χ0v) is 24.2. The topological polar surface area (TPSA) is 107 Å². The highest BCUT2D eigenvalue weighted by Crippen LogP contribution is 2.36. The number of hydrogen-bond donors (Lipinski definition) is 1. The molecule has 0 spiro atoms. The van der Waals surface area contributed by atoms with E-state index in [2.05, 4.69) is 5.32 Å². The van der Waals surface area contributed by atoms with Crippen molar-refractivity contribution in [2.75, 3.05) is 5.32 Å². The van der Waals surface area contributed by atoms with Crippen LogP contribution in [-0.4, -0.2) is 20.4 Å². The van der Waals surface area contributed by atoms with Crippen molar-refractivity contribution in [3.63, 3.8) is 0 Å². The molecule has 220 valence electrons. The van der Waals surface area contributed by atoms with Crippen LogP contribution < -0.4 is 10.9 Å². The predicted molar refractivity (Wildman–Crippen MR) is 161 cm³/mol. The second kappa shape index (κ2) is 12.4. The number of benzene rings is 3. The number of aryl methyl sites for hydroxylation is 2. The molecular weight excluding hydrogens is 601 g/mol. The van der Waals surface area contributed by atoms with Crippen molar-refractivity contribution in [2.45, 2.75) is 37.0 Å². The number of nitro groups is 1. The smallest absolute Gasteiger partial charge is 0.321 e. The Morgan fingerprint density at radius 1 is 1.05 bits per heavy atom. The average Bonchev–Trinajstić information content (AvgIpc) is 3.32. The average molecular weight is 625 g/mol. The van der Waals surface area contributed by atoms with Crippen LogP contribution in [0.5, 0.6) is 0 Å². The van der Waals surface area contributed by atoms with Crippen molar-refractivity contribution in [1.29, 1.82) is 0 Å². The molecule has 5 aromatic rings. The molecule has 0 aliphatic heterocycles. The second-order valence-corrected chi connectivity index (χ2v) is 11.5. The van der Waals surface area contributed by atoms with Crippen LogP contribution in [0.15, 0.2) is 88.8 Å². The Labute approximate surface area is 251 Å². The van der Waals surface area contributed by atoms with E-state index in [-0.39, 0.29) is 38.6 Å². The first kappa shape index (κ1) is 30.0. The van der Waals surface area contributed by atoms with Crippen molar-refractivity contribution in [1.82, 2.24) is 9.55 Å². The summed E-state index contributed by atoms with van der Waals surface area (Å²) < 4.78 is 42.0. The number of amides is 1. The van der Waals surface area contributed by atoms with Gasteiger partial charge in [-0.1, -0.05) is 66.4 Å². The molecule has 43 heavy (non-hydrogen) atoms. The Balaban J connectivity index is 1.52. The van der Waals surface area contributed by atoms with Crippen LogP contribution in [0.4, 0.5) is 24.5 Å². The zero-order valence-electron chi connectivity index (χ0n) is 22.6. The van der Waals surface area contributed by atoms with Gasteiger partial charge in [0.05, 0.1) is 26.4 Å². The first-order chi connectivity index (χ1) is 20.5. The summed E-state index contributed by atoms with van der Waals surface area (Å²) in [6.07, 6.45) is -4.15. The van der Waals surface area contributed by atoms with Gasteiger partial charge in [0.2, 0.25) is 0 Å². The van der Waals surface area contributed by atoms with Crippen LogP contribution in [0, 0.1) is 17.0 Å². The molecule has 0 bridgehead atoms.